The second-order valence-corrected chi connectivity index (χ2v) is 14.6. The van der Waals surface area contributed by atoms with E-state index < -0.39 is 0 Å². The van der Waals surface area contributed by atoms with Gasteiger partial charge in [0.25, 0.3) is 0 Å². The zero-order chi connectivity index (χ0) is 33.8. The fraction of sp³-hybridized carbons (Fsp3) is 0.0612. The molecular weight excluding hydrogens is 617 g/mol. The number of nitrogens with zero attached hydrogens (tertiary/aromatic N) is 2. The summed E-state index contributed by atoms with van der Waals surface area (Å²) in [7, 11) is 0. The van der Waals surface area contributed by atoms with Crippen LogP contribution in [-0.4, -0.2) is 9.13 Å². The van der Waals surface area contributed by atoms with Crippen LogP contribution in [0.4, 0.5) is 0 Å². The van der Waals surface area contributed by atoms with Gasteiger partial charge < -0.3 is 9.13 Å². The minimum atomic E-state index is -0.0456. The van der Waals surface area contributed by atoms with Gasteiger partial charge in [-0.2, -0.15) is 0 Å². The lowest BCUT2D eigenvalue weighted by Crippen LogP contribution is -2.14. The van der Waals surface area contributed by atoms with E-state index in [1.807, 2.05) is 0 Å². The number of hydrogen-bond acceptors (Lipinski definition) is 0. The van der Waals surface area contributed by atoms with E-state index in [4.69, 9.17) is 0 Å². The molecule has 1 aliphatic rings. The van der Waals surface area contributed by atoms with Gasteiger partial charge in [0, 0.05) is 38.3 Å². The predicted molar refractivity (Wildman–Crippen MR) is 216 cm³/mol. The van der Waals surface area contributed by atoms with Gasteiger partial charge in [0.1, 0.15) is 0 Å². The second kappa shape index (κ2) is 10.3. The molecule has 0 saturated heterocycles. The molecule has 0 fully saturated rings. The van der Waals surface area contributed by atoms with Crippen molar-refractivity contribution < 1.29 is 0 Å². The summed E-state index contributed by atoms with van der Waals surface area (Å²) in [5.41, 5.74) is 15.1. The van der Waals surface area contributed by atoms with E-state index in [1.54, 1.807) is 0 Å². The van der Waals surface area contributed by atoms with Crippen molar-refractivity contribution >= 4 is 54.4 Å². The summed E-state index contributed by atoms with van der Waals surface area (Å²) in [4.78, 5) is 0. The van der Waals surface area contributed by atoms with Crippen molar-refractivity contribution in [3.63, 3.8) is 0 Å². The Balaban J connectivity index is 1.20. The molecule has 2 heteroatoms. The van der Waals surface area contributed by atoms with Crippen LogP contribution in [0, 0.1) is 0 Å². The van der Waals surface area contributed by atoms with Crippen molar-refractivity contribution in [1.82, 2.24) is 9.13 Å². The summed E-state index contributed by atoms with van der Waals surface area (Å²) in [6, 6.07) is 62.9. The molecule has 240 valence electrons. The van der Waals surface area contributed by atoms with Gasteiger partial charge in [-0.05, 0) is 98.8 Å². The topological polar surface area (TPSA) is 9.86 Å². The van der Waals surface area contributed by atoms with Crippen molar-refractivity contribution in [3.8, 4) is 33.6 Å². The number of aromatic nitrogens is 2. The molecule has 2 nitrogen and oxygen atoms in total. The molecule has 51 heavy (non-hydrogen) atoms. The van der Waals surface area contributed by atoms with Crippen LogP contribution in [-0.2, 0) is 5.41 Å². The van der Waals surface area contributed by atoms with Gasteiger partial charge in [-0.25, -0.2) is 0 Å². The minimum Gasteiger partial charge on any atom is -0.309 e. The summed E-state index contributed by atoms with van der Waals surface area (Å²) in [6.07, 6.45) is 0. The molecule has 1 aliphatic carbocycles. The van der Waals surface area contributed by atoms with Crippen LogP contribution in [0.1, 0.15) is 25.0 Å². The van der Waals surface area contributed by atoms with Crippen LogP contribution in [0.3, 0.4) is 0 Å². The van der Waals surface area contributed by atoms with Gasteiger partial charge in [-0.1, -0.05) is 129 Å². The third-order valence-corrected chi connectivity index (χ3v) is 11.5. The highest BCUT2D eigenvalue weighted by atomic mass is 15.0. The Bertz CT molecular complexity index is 3040. The maximum atomic E-state index is 2.49. The van der Waals surface area contributed by atoms with Gasteiger partial charge >= 0.3 is 0 Å². The zero-order valence-corrected chi connectivity index (χ0v) is 28.6. The molecule has 0 spiro atoms. The summed E-state index contributed by atoms with van der Waals surface area (Å²) in [5, 5.41) is 7.64. The van der Waals surface area contributed by atoms with E-state index in [1.165, 1.54) is 93.5 Å². The molecule has 0 bridgehead atoms. The molecule has 0 N–H and O–H groups in total. The van der Waals surface area contributed by atoms with E-state index in [9.17, 15) is 0 Å². The Morgan fingerprint density at radius 2 is 1.06 bits per heavy atom. The smallest absolute Gasteiger partial charge is 0.0562 e. The van der Waals surface area contributed by atoms with E-state index >= 15 is 0 Å². The predicted octanol–water partition coefficient (Wildman–Crippen LogP) is 13.0. The molecule has 0 aliphatic heterocycles. The number of rotatable bonds is 3. The van der Waals surface area contributed by atoms with E-state index in [-0.39, 0.29) is 5.41 Å². The van der Waals surface area contributed by atoms with E-state index in [2.05, 4.69) is 193 Å². The van der Waals surface area contributed by atoms with Gasteiger partial charge in [0.15, 0.2) is 0 Å². The quantitative estimate of drug-likeness (QED) is 0.180. The minimum absolute atomic E-state index is 0.0456. The largest absolute Gasteiger partial charge is 0.309 e. The molecule has 8 aromatic carbocycles. The Morgan fingerprint density at radius 3 is 1.96 bits per heavy atom. The first-order valence-corrected chi connectivity index (χ1v) is 17.9. The van der Waals surface area contributed by atoms with Crippen molar-refractivity contribution in [1.29, 1.82) is 0 Å². The third kappa shape index (κ3) is 3.93. The van der Waals surface area contributed by atoms with Crippen molar-refractivity contribution in [2.24, 2.45) is 0 Å². The van der Waals surface area contributed by atoms with Gasteiger partial charge in [0.05, 0.1) is 22.1 Å². The molecular formula is C49H34N2. The monoisotopic (exact) mass is 650 g/mol. The second-order valence-electron chi connectivity index (χ2n) is 14.6. The summed E-state index contributed by atoms with van der Waals surface area (Å²) >= 11 is 0. The zero-order valence-electron chi connectivity index (χ0n) is 28.6. The van der Waals surface area contributed by atoms with Gasteiger partial charge in [-0.15, -0.1) is 0 Å². The van der Waals surface area contributed by atoms with Crippen LogP contribution in [0.15, 0.2) is 170 Å². The molecule has 2 aromatic heterocycles. The van der Waals surface area contributed by atoms with Crippen LogP contribution in [0.2, 0.25) is 0 Å². The van der Waals surface area contributed by atoms with Gasteiger partial charge in [-0.3, -0.25) is 0 Å². The summed E-state index contributed by atoms with van der Waals surface area (Å²) < 4.78 is 4.91. The Kier molecular flexibility index (Phi) is 5.76. The molecule has 0 saturated carbocycles. The average molecular weight is 651 g/mol. The Labute approximate surface area is 296 Å². The molecule has 0 atom stereocenters. The Hall–Kier alpha value is -6.38. The van der Waals surface area contributed by atoms with Gasteiger partial charge in [0.2, 0.25) is 0 Å². The highest BCUT2D eigenvalue weighted by Crippen LogP contribution is 2.50. The van der Waals surface area contributed by atoms with Crippen molar-refractivity contribution in [2.45, 2.75) is 19.3 Å². The van der Waals surface area contributed by atoms with Crippen LogP contribution >= 0.6 is 0 Å². The number of hydrogen-bond donors (Lipinski definition) is 0. The third-order valence-electron chi connectivity index (χ3n) is 11.5. The molecule has 0 unspecified atom stereocenters. The fourth-order valence-electron chi connectivity index (χ4n) is 9.09. The molecule has 0 radical (unpaired) electrons. The summed E-state index contributed by atoms with van der Waals surface area (Å²) in [6.45, 7) is 4.71. The van der Waals surface area contributed by atoms with Crippen molar-refractivity contribution in [3.05, 3.63) is 181 Å². The average Bonchev–Trinajstić information content (AvgIpc) is 3.77. The first kappa shape index (κ1) is 28.5. The SMILES string of the molecule is CC1(C)c2ccccc2-c2ccc(-c3cccc(-n4c5cc6c(cc5c5c7ccccc7ccc54)c4ccccc4n6-c4ccccc4)c3)cc21. The van der Waals surface area contributed by atoms with E-state index in [0.29, 0.717) is 0 Å². The van der Waals surface area contributed by atoms with E-state index in [0.717, 1.165) is 5.69 Å². The normalized spacial score (nSPS) is 13.5. The summed E-state index contributed by atoms with van der Waals surface area (Å²) in [5.74, 6) is 0. The maximum Gasteiger partial charge on any atom is 0.0562 e. The first-order chi connectivity index (χ1) is 25.1. The lowest BCUT2D eigenvalue weighted by molar-refractivity contribution is 0.660. The first-order valence-electron chi connectivity index (χ1n) is 17.9. The lowest BCUT2D eigenvalue weighted by atomic mass is 9.81. The molecule has 11 rings (SSSR count). The van der Waals surface area contributed by atoms with Crippen LogP contribution < -0.4 is 0 Å². The number of benzene rings is 8. The molecule has 2 heterocycles. The van der Waals surface area contributed by atoms with Crippen molar-refractivity contribution in [2.75, 3.05) is 0 Å². The molecule has 0 amide bonds. The maximum absolute atomic E-state index is 2.49. The lowest BCUT2D eigenvalue weighted by Gasteiger charge is -2.22. The van der Waals surface area contributed by atoms with Crippen LogP contribution in [0.25, 0.3) is 88.0 Å². The highest BCUT2D eigenvalue weighted by molar-refractivity contribution is 6.25. The fourth-order valence-corrected chi connectivity index (χ4v) is 9.09. The molecule has 10 aromatic rings. The standard InChI is InChI=1S/C49H34N2/c1-49(2)42-21-10-8-19-37(42)38-25-23-33(28-43(38)49)32-14-12-17-35(27-32)51-45-26-24-31-13-6-7-18-36(31)48(45)41-29-40-39-20-9-11-22-44(39)50(46(40)30-47(41)51)34-15-4-3-5-16-34/h3-30H,1-2H3. The highest BCUT2D eigenvalue weighted by Gasteiger charge is 2.35. The Morgan fingerprint density at radius 1 is 0.373 bits per heavy atom. The number of fused-ring (bicyclic) bond motifs is 11. The van der Waals surface area contributed by atoms with Crippen LogP contribution in [0.5, 0.6) is 0 Å². The number of para-hydroxylation sites is 2.